The van der Waals surface area contributed by atoms with Gasteiger partial charge in [-0.1, -0.05) is 206 Å². The molecule has 2 aromatic heterocycles. The highest BCUT2D eigenvalue weighted by atomic mass is 16.5. The third kappa shape index (κ3) is 6.92. The van der Waals surface area contributed by atoms with Crippen molar-refractivity contribution in [3.05, 3.63) is 253 Å². The van der Waals surface area contributed by atoms with Gasteiger partial charge in [0, 0.05) is 44.8 Å². The molecule has 13 rings (SSSR count). The molecular formula is C63H42N4O. The molecule has 0 bridgehead atoms. The number of para-hydroxylation sites is 1. The largest absolute Gasteiger partial charge is 0.484 e. The van der Waals surface area contributed by atoms with E-state index >= 15 is 0 Å². The van der Waals surface area contributed by atoms with Crippen LogP contribution in [0.1, 0.15) is 28.8 Å². The maximum absolute atomic E-state index is 7.09. The summed E-state index contributed by atoms with van der Waals surface area (Å²) in [6, 6.07) is 81.1. The summed E-state index contributed by atoms with van der Waals surface area (Å²) in [7, 11) is 0. The van der Waals surface area contributed by atoms with Gasteiger partial charge in [-0.05, 0) is 80.9 Å². The summed E-state index contributed by atoms with van der Waals surface area (Å²) in [6.45, 7) is 0. The van der Waals surface area contributed by atoms with Crippen LogP contribution in [0, 0.1) is 0 Å². The van der Waals surface area contributed by atoms with Gasteiger partial charge in [0.1, 0.15) is 11.9 Å². The highest BCUT2D eigenvalue weighted by Crippen LogP contribution is 2.55. The van der Waals surface area contributed by atoms with Crippen molar-refractivity contribution in [2.75, 3.05) is 0 Å². The fraction of sp³-hybridized carbons (Fsp3) is 0.0317. The van der Waals surface area contributed by atoms with Crippen LogP contribution in [0.5, 0.6) is 5.75 Å². The normalized spacial score (nSPS) is 14.5. The number of benzene rings is 9. The molecule has 9 aromatic carbocycles. The van der Waals surface area contributed by atoms with E-state index in [4.69, 9.17) is 19.7 Å². The molecule has 0 saturated heterocycles. The molecule has 0 radical (unpaired) electrons. The highest BCUT2D eigenvalue weighted by molar-refractivity contribution is 5.92. The number of rotatable bonds is 8. The minimum Gasteiger partial charge on any atom is -0.484 e. The predicted molar refractivity (Wildman–Crippen MR) is 276 cm³/mol. The first-order valence-corrected chi connectivity index (χ1v) is 23.2. The van der Waals surface area contributed by atoms with Crippen molar-refractivity contribution >= 4 is 17.0 Å². The van der Waals surface area contributed by atoms with Crippen molar-refractivity contribution in [2.24, 2.45) is 0 Å². The average molecular weight is 871 g/mol. The number of hydrogen-bond donors (Lipinski definition) is 0. The maximum atomic E-state index is 7.09. The number of hydrogen-bond acceptors (Lipinski definition) is 4. The summed E-state index contributed by atoms with van der Waals surface area (Å²) < 4.78 is 9.47. The minimum absolute atomic E-state index is 0.0637. The lowest BCUT2D eigenvalue weighted by Gasteiger charge is -2.23. The molecule has 2 unspecified atom stereocenters. The Bertz CT molecular complexity index is 3570. The third-order valence-corrected chi connectivity index (χ3v) is 13.5. The van der Waals surface area contributed by atoms with Crippen LogP contribution in [0.2, 0.25) is 0 Å². The van der Waals surface area contributed by atoms with Crippen LogP contribution in [-0.2, 0) is 0 Å². The van der Waals surface area contributed by atoms with Crippen LogP contribution in [0.15, 0.2) is 237 Å². The summed E-state index contributed by atoms with van der Waals surface area (Å²) >= 11 is 0. The zero-order valence-electron chi connectivity index (χ0n) is 36.9. The molecule has 5 heteroatoms. The predicted octanol–water partition coefficient (Wildman–Crippen LogP) is 15.7. The van der Waals surface area contributed by atoms with Gasteiger partial charge < -0.3 is 9.30 Å². The van der Waals surface area contributed by atoms with Gasteiger partial charge in [0.05, 0.1) is 11.2 Å². The zero-order valence-corrected chi connectivity index (χ0v) is 36.9. The lowest BCUT2D eigenvalue weighted by atomic mass is 9.83. The standard InChI is InChI=1S/C63H42N4O/c1-4-14-41(15-5-1)44-26-30-47(31-27-44)61-64-62(48-32-28-45(29-33-48)42-16-6-2-7-17-42)66-63(65-61)54-23-13-25-57-58(54)53-38-39-56-59(60(53)68-57)52-22-10-11-24-55(52)67(56)51-36-34-46(35-37-51)50-21-12-20-49(40-50)43-18-8-3-9-19-43/h1-40,53,60H. The van der Waals surface area contributed by atoms with Crippen LogP contribution in [0.25, 0.3) is 101 Å². The molecular weight excluding hydrogens is 829 g/mol. The molecule has 2 atom stereocenters. The fourth-order valence-corrected chi connectivity index (χ4v) is 10.2. The van der Waals surface area contributed by atoms with Crippen LogP contribution < -0.4 is 4.74 Å². The Balaban J connectivity index is 0.884. The van der Waals surface area contributed by atoms with Gasteiger partial charge in [-0.3, -0.25) is 0 Å². The van der Waals surface area contributed by atoms with E-state index in [2.05, 4.69) is 235 Å². The Kier molecular flexibility index (Phi) is 9.57. The Hall–Kier alpha value is -8.93. The van der Waals surface area contributed by atoms with Gasteiger partial charge in [-0.2, -0.15) is 0 Å². The van der Waals surface area contributed by atoms with Crippen LogP contribution >= 0.6 is 0 Å². The number of fused-ring (bicyclic) bond motifs is 7. The molecule has 0 amide bonds. The zero-order chi connectivity index (χ0) is 45.0. The van der Waals surface area contributed by atoms with Crippen molar-refractivity contribution in [1.29, 1.82) is 0 Å². The minimum atomic E-state index is -0.242. The van der Waals surface area contributed by atoms with Crippen molar-refractivity contribution < 1.29 is 4.74 Å². The molecule has 0 N–H and O–H groups in total. The van der Waals surface area contributed by atoms with E-state index in [1.54, 1.807) is 0 Å². The van der Waals surface area contributed by atoms with E-state index in [-0.39, 0.29) is 12.0 Å². The molecule has 0 spiro atoms. The number of nitrogens with zero attached hydrogens (tertiary/aromatic N) is 4. The first-order valence-electron chi connectivity index (χ1n) is 23.2. The van der Waals surface area contributed by atoms with Gasteiger partial charge in [-0.15, -0.1) is 0 Å². The van der Waals surface area contributed by atoms with Crippen molar-refractivity contribution in [1.82, 2.24) is 19.5 Å². The van der Waals surface area contributed by atoms with Gasteiger partial charge in [-0.25, -0.2) is 15.0 Å². The number of ether oxygens (including phenoxy) is 1. The molecule has 2 aliphatic rings. The summed E-state index contributed by atoms with van der Waals surface area (Å²) in [5.74, 6) is 2.62. The lowest BCUT2D eigenvalue weighted by Crippen LogP contribution is -2.14. The van der Waals surface area contributed by atoms with Gasteiger partial charge in [0.2, 0.25) is 0 Å². The smallest absolute Gasteiger partial charge is 0.164 e. The summed E-state index contributed by atoms with van der Waals surface area (Å²) in [4.78, 5) is 15.7. The van der Waals surface area contributed by atoms with E-state index in [0.29, 0.717) is 17.5 Å². The Morgan fingerprint density at radius 2 is 0.824 bits per heavy atom. The first kappa shape index (κ1) is 39.4. The molecule has 1 aliphatic carbocycles. The second-order valence-corrected chi connectivity index (χ2v) is 17.5. The molecule has 0 fully saturated rings. The SMILES string of the molecule is C1=CC2c3c(cccc3-c3nc(-c4ccc(-c5ccccc5)cc4)nc(-c4ccc(-c5ccccc5)cc4)n3)OC2c2c1n(-c1ccc(-c3cccc(-c4ccccc4)c3)cc1)c1ccccc21. The second-order valence-electron chi connectivity index (χ2n) is 17.5. The molecule has 0 saturated carbocycles. The van der Waals surface area contributed by atoms with E-state index < -0.39 is 0 Å². The summed E-state index contributed by atoms with van der Waals surface area (Å²) in [5.41, 5.74) is 17.8. The molecule has 1 aliphatic heterocycles. The van der Waals surface area contributed by atoms with E-state index in [1.165, 1.54) is 33.2 Å². The molecule has 68 heavy (non-hydrogen) atoms. The molecule has 3 heterocycles. The first-order chi connectivity index (χ1) is 33.7. The van der Waals surface area contributed by atoms with E-state index in [0.717, 1.165) is 67.2 Å². The van der Waals surface area contributed by atoms with Crippen molar-refractivity contribution in [3.8, 4) is 90.1 Å². The summed E-state index contributed by atoms with van der Waals surface area (Å²) in [5, 5.41) is 1.18. The average Bonchev–Trinajstić information content (AvgIpc) is 3.98. The topological polar surface area (TPSA) is 52.8 Å². The summed E-state index contributed by atoms with van der Waals surface area (Å²) in [6.07, 6.45) is 4.36. The highest BCUT2D eigenvalue weighted by Gasteiger charge is 2.42. The van der Waals surface area contributed by atoms with Gasteiger partial charge >= 0.3 is 0 Å². The van der Waals surface area contributed by atoms with Crippen LogP contribution in [-0.4, -0.2) is 19.5 Å². The second kappa shape index (κ2) is 16.5. The van der Waals surface area contributed by atoms with Crippen molar-refractivity contribution in [3.63, 3.8) is 0 Å². The Morgan fingerprint density at radius 1 is 0.368 bits per heavy atom. The van der Waals surface area contributed by atoms with E-state index in [9.17, 15) is 0 Å². The third-order valence-electron chi connectivity index (χ3n) is 13.5. The molecule has 320 valence electrons. The lowest BCUT2D eigenvalue weighted by molar-refractivity contribution is 0.224. The van der Waals surface area contributed by atoms with Gasteiger partial charge in [0.15, 0.2) is 17.5 Å². The quantitative estimate of drug-likeness (QED) is 0.153. The van der Waals surface area contributed by atoms with Crippen molar-refractivity contribution in [2.45, 2.75) is 12.0 Å². The molecule has 11 aromatic rings. The van der Waals surface area contributed by atoms with E-state index in [1.807, 2.05) is 12.1 Å². The fourth-order valence-electron chi connectivity index (χ4n) is 10.2. The van der Waals surface area contributed by atoms with Gasteiger partial charge in [0.25, 0.3) is 0 Å². The van der Waals surface area contributed by atoms with Crippen LogP contribution in [0.3, 0.4) is 0 Å². The molecule has 5 nitrogen and oxygen atoms in total. The Morgan fingerprint density at radius 3 is 1.43 bits per heavy atom. The maximum Gasteiger partial charge on any atom is 0.164 e. The number of aromatic nitrogens is 4. The monoisotopic (exact) mass is 870 g/mol. The Labute approximate surface area is 395 Å². The van der Waals surface area contributed by atoms with Crippen LogP contribution in [0.4, 0.5) is 0 Å².